The maximum atomic E-state index is 13.8. The molecule has 1 nitrogen and oxygen atoms in total. The second-order valence-corrected chi connectivity index (χ2v) is 5.01. The molecule has 0 bridgehead atoms. The van der Waals surface area contributed by atoms with Crippen molar-refractivity contribution in [3.63, 3.8) is 0 Å². The van der Waals surface area contributed by atoms with Gasteiger partial charge in [0.2, 0.25) is 0 Å². The predicted octanol–water partition coefficient (Wildman–Crippen LogP) is 4.48. The molecule has 2 aromatic carbocycles. The molecule has 0 fully saturated rings. The molecule has 0 heterocycles. The summed E-state index contributed by atoms with van der Waals surface area (Å²) in [7, 11) is 0. The highest BCUT2D eigenvalue weighted by Gasteiger charge is 2.16. The largest absolute Gasteiger partial charge is 0.320 e. The van der Waals surface area contributed by atoms with Crippen molar-refractivity contribution in [3.05, 3.63) is 70.0 Å². The molecule has 0 aliphatic carbocycles. The topological polar surface area (TPSA) is 26.0 Å². The third kappa shape index (κ3) is 3.14. The van der Waals surface area contributed by atoms with Crippen LogP contribution in [0.5, 0.6) is 0 Å². The molecule has 0 saturated heterocycles. The Labute approximate surface area is 118 Å². The first-order valence-corrected chi connectivity index (χ1v) is 6.79. The van der Waals surface area contributed by atoms with Crippen LogP contribution in [0.1, 0.15) is 36.1 Å². The molecule has 0 aliphatic rings. The standard InChI is InChI=1S/C16H17ClFN/c1-2-4-11-7-9-12(10-8-11)16(19)15-13(17)5-3-6-14(15)18/h3,5-10,16H,2,4,19H2,1H3. The Kier molecular flexibility index (Phi) is 4.56. The summed E-state index contributed by atoms with van der Waals surface area (Å²) >= 11 is 6.04. The number of aryl methyl sites for hydroxylation is 1. The van der Waals surface area contributed by atoms with Crippen molar-refractivity contribution in [2.45, 2.75) is 25.8 Å². The second kappa shape index (κ2) is 6.18. The zero-order valence-electron chi connectivity index (χ0n) is 10.9. The summed E-state index contributed by atoms with van der Waals surface area (Å²) in [5.74, 6) is -0.363. The van der Waals surface area contributed by atoms with Gasteiger partial charge in [0.15, 0.2) is 0 Å². The Morgan fingerprint density at radius 3 is 2.42 bits per heavy atom. The Morgan fingerprint density at radius 1 is 1.16 bits per heavy atom. The van der Waals surface area contributed by atoms with Crippen LogP contribution in [0.2, 0.25) is 5.02 Å². The van der Waals surface area contributed by atoms with Crippen LogP contribution >= 0.6 is 11.6 Å². The van der Waals surface area contributed by atoms with E-state index in [1.54, 1.807) is 12.1 Å². The Hall–Kier alpha value is -1.38. The molecule has 2 aromatic rings. The average molecular weight is 278 g/mol. The van der Waals surface area contributed by atoms with Crippen molar-refractivity contribution >= 4 is 11.6 Å². The van der Waals surface area contributed by atoms with Gasteiger partial charge in [0.1, 0.15) is 5.82 Å². The van der Waals surface area contributed by atoms with E-state index < -0.39 is 6.04 Å². The molecular formula is C16H17ClFN. The SMILES string of the molecule is CCCc1ccc(C(N)c2c(F)cccc2Cl)cc1. The molecule has 100 valence electrons. The van der Waals surface area contributed by atoms with E-state index >= 15 is 0 Å². The number of rotatable bonds is 4. The lowest BCUT2D eigenvalue weighted by Gasteiger charge is -2.15. The third-order valence-corrected chi connectivity index (χ3v) is 3.52. The van der Waals surface area contributed by atoms with Crippen molar-refractivity contribution in [1.29, 1.82) is 0 Å². The highest BCUT2D eigenvalue weighted by atomic mass is 35.5. The molecule has 2 rings (SSSR count). The summed E-state index contributed by atoms with van der Waals surface area (Å²) in [6, 6.07) is 12.0. The summed E-state index contributed by atoms with van der Waals surface area (Å²) in [6.45, 7) is 2.14. The first-order chi connectivity index (χ1) is 9.13. The van der Waals surface area contributed by atoms with Crippen molar-refractivity contribution in [3.8, 4) is 0 Å². The molecule has 2 N–H and O–H groups in total. The summed E-state index contributed by atoms with van der Waals surface area (Å²) in [4.78, 5) is 0. The van der Waals surface area contributed by atoms with Gasteiger partial charge in [0, 0.05) is 10.6 Å². The summed E-state index contributed by atoms with van der Waals surface area (Å²) in [5.41, 5.74) is 8.60. The fourth-order valence-electron chi connectivity index (χ4n) is 2.15. The van der Waals surface area contributed by atoms with Crippen molar-refractivity contribution in [1.82, 2.24) is 0 Å². The molecule has 1 unspecified atom stereocenters. The van der Waals surface area contributed by atoms with E-state index in [2.05, 4.69) is 6.92 Å². The van der Waals surface area contributed by atoms with E-state index in [4.69, 9.17) is 17.3 Å². The van der Waals surface area contributed by atoms with Gasteiger partial charge in [-0.15, -0.1) is 0 Å². The highest BCUT2D eigenvalue weighted by molar-refractivity contribution is 6.31. The molecule has 0 radical (unpaired) electrons. The van der Waals surface area contributed by atoms with Crippen LogP contribution in [0.25, 0.3) is 0 Å². The van der Waals surface area contributed by atoms with Crippen molar-refractivity contribution in [2.75, 3.05) is 0 Å². The molecule has 1 atom stereocenters. The first kappa shape index (κ1) is 14.0. The van der Waals surface area contributed by atoms with Crippen LogP contribution in [0.15, 0.2) is 42.5 Å². The summed E-state index contributed by atoms with van der Waals surface area (Å²) in [6.07, 6.45) is 2.14. The predicted molar refractivity (Wildman–Crippen MR) is 77.9 cm³/mol. The maximum absolute atomic E-state index is 13.8. The van der Waals surface area contributed by atoms with Crippen LogP contribution in [-0.2, 0) is 6.42 Å². The number of hydrogen-bond acceptors (Lipinski definition) is 1. The zero-order valence-corrected chi connectivity index (χ0v) is 11.6. The minimum absolute atomic E-state index is 0.354. The lowest BCUT2D eigenvalue weighted by molar-refractivity contribution is 0.600. The Bertz CT molecular complexity index is 531. The number of halogens is 2. The van der Waals surface area contributed by atoms with Gasteiger partial charge in [-0.2, -0.15) is 0 Å². The molecular weight excluding hydrogens is 261 g/mol. The Balaban J connectivity index is 2.31. The van der Waals surface area contributed by atoms with Crippen LogP contribution in [0.4, 0.5) is 4.39 Å². The van der Waals surface area contributed by atoms with Gasteiger partial charge >= 0.3 is 0 Å². The summed E-state index contributed by atoms with van der Waals surface area (Å²) < 4.78 is 13.8. The van der Waals surface area contributed by atoms with E-state index in [0.29, 0.717) is 10.6 Å². The number of benzene rings is 2. The number of hydrogen-bond donors (Lipinski definition) is 1. The average Bonchev–Trinajstić information content (AvgIpc) is 2.39. The molecule has 19 heavy (non-hydrogen) atoms. The van der Waals surface area contributed by atoms with Gasteiger partial charge < -0.3 is 5.73 Å². The number of nitrogens with two attached hydrogens (primary N) is 1. The fraction of sp³-hybridized carbons (Fsp3) is 0.250. The van der Waals surface area contributed by atoms with Crippen molar-refractivity contribution < 1.29 is 4.39 Å². The summed E-state index contributed by atoms with van der Waals surface area (Å²) in [5, 5.41) is 0.366. The zero-order chi connectivity index (χ0) is 13.8. The van der Waals surface area contributed by atoms with Gasteiger partial charge in [-0.3, -0.25) is 0 Å². The Morgan fingerprint density at radius 2 is 1.84 bits per heavy atom. The lowest BCUT2D eigenvalue weighted by atomic mass is 9.97. The minimum atomic E-state index is -0.538. The van der Waals surface area contributed by atoms with Crippen LogP contribution in [0, 0.1) is 5.82 Å². The molecule has 0 saturated carbocycles. The molecule has 0 spiro atoms. The fourth-order valence-corrected chi connectivity index (χ4v) is 2.44. The van der Waals surface area contributed by atoms with Gasteiger partial charge in [-0.1, -0.05) is 55.3 Å². The van der Waals surface area contributed by atoms with E-state index in [0.717, 1.165) is 18.4 Å². The molecule has 0 aromatic heterocycles. The lowest BCUT2D eigenvalue weighted by Crippen LogP contribution is -2.14. The smallest absolute Gasteiger partial charge is 0.129 e. The normalized spacial score (nSPS) is 12.4. The van der Waals surface area contributed by atoms with E-state index in [1.165, 1.54) is 11.6 Å². The minimum Gasteiger partial charge on any atom is -0.320 e. The highest BCUT2D eigenvalue weighted by Crippen LogP contribution is 2.29. The van der Waals surface area contributed by atoms with Crippen molar-refractivity contribution in [2.24, 2.45) is 5.73 Å². The second-order valence-electron chi connectivity index (χ2n) is 4.60. The third-order valence-electron chi connectivity index (χ3n) is 3.19. The van der Waals surface area contributed by atoms with Crippen LogP contribution in [0.3, 0.4) is 0 Å². The molecule has 0 amide bonds. The van der Waals surface area contributed by atoms with Crippen LogP contribution < -0.4 is 5.73 Å². The van der Waals surface area contributed by atoms with E-state index in [-0.39, 0.29) is 5.82 Å². The quantitative estimate of drug-likeness (QED) is 0.876. The van der Waals surface area contributed by atoms with Gasteiger partial charge in [0.05, 0.1) is 6.04 Å². The first-order valence-electron chi connectivity index (χ1n) is 6.41. The van der Waals surface area contributed by atoms with Gasteiger partial charge in [0.25, 0.3) is 0 Å². The van der Waals surface area contributed by atoms with Crippen LogP contribution in [-0.4, -0.2) is 0 Å². The molecule has 3 heteroatoms. The maximum Gasteiger partial charge on any atom is 0.129 e. The van der Waals surface area contributed by atoms with E-state index in [1.807, 2.05) is 24.3 Å². The monoisotopic (exact) mass is 277 g/mol. The van der Waals surface area contributed by atoms with Gasteiger partial charge in [-0.25, -0.2) is 4.39 Å². The van der Waals surface area contributed by atoms with E-state index in [9.17, 15) is 4.39 Å². The molecule has 0 aliphatic heterocycles. The van der Waals surface area contributed by atoms with Gasteiger partial charge in [-0.05, 0) is 29.7 Å².